The first-order chi connectivity index (χ1) is 13.0. The second kappa shape index (κ2) is 8.77. The molecule has 0 aliphatic carbocycles. The fourth-order valence-corrected chi connectivity index (χ4v) is 3.27. The summed E-state index contributed by atoms with van der Waals surface area (Å²) in [4.78, 5) is 14.6. The minimum Gasteiger partial charge on any atom is -0.378 e. The van der Waals surface area contributed by atoms with E-state index in [9.17, 15) is 9.18 Å². The van der Waals surface area contributed by atoms with Crippen molar-refractivity contribution >= 4 is 17.5 Å². The average Bonchev–Trinajstić information content (AvgIpc) is 3.05. The Kier molecular flexibility index (Phi) is 6.41. The van der Waals surface area contributed by atoms with Crippen LogP contribution in [0.5, 0.6) is 0 Å². The number of rotatable bonds is 6. The van der Waals surface area contributed by atoms with Crippen molar-refractivity contribution < 1.29 is 13.9 Å². The quantitative estimate of drug-likeness (QED) is 0.758. The summed E-state index contributed by atoms with van der Waals surface area (Å²) in [6, 6.07) is 4.26. The molecular weight excluding hydrogens is 373 g/mol. The Morgan fingerprint density at radius 1 is 1.41 bits per heavy atom. The lowest BCUT2D eigenvalue weighted by molar-refractivity contribution is 0.00827. The van der Waals surface area contributed by atoms with E-state index >= 15 is 0 Å². The number of aromatic nitrogens is 3. The zero-order valence-electron chi connectivity index (χ0n) is 15.2. The molecule has 1 amide bonds. The molecule has 7 nitrogen and oxygen atoms in total. The number of halogens is 2. The molecule has 1 aliphatic rings. The molecule has 27 heavy (non-hydrogen) atoms. The SMILES string of the molecule is Cc1c(C(=O)N2CCC(OCCCN)CC2)nnn1-c1ccc(F)c(Cl)c1. The molecule has 9 heteroatoms. The molecule has 0 unspecified atom stereocenters. The number of nitrogens with two attached hydrogens (primary N) is 1. The second-order valence-electron chi connectivity index (χ2n) is 6.54. The monoisotopic (exact) mass is 395 g/mol. The summed E-state index contributed by atoms with van der Waals surface area (Å²) in [7, 11) is 0. The van der Waals surface area contributed by atoms with Gasteiger partial charge in [-0.15, -0.1) is 5.10 Å². The van der Waals surface area contributed by atoms with E-state index < -0.39 is 5.82 Å². The van der Waals surface area contributed by atoms with E-state index in [0.717, 1.165) is 19.3 Å². The minimum atomic E-state index is -0.508. The molecule has 146 valence electrons. The topological polar surface area (TPSA) is 86.3 Å². The third-order valence-electron chi connectivity index (χ3n) is 4.68. The van der Waals surface area contributed by atoms with E-state index in [1.165, 1.54) is 16.8 Å². The smallest absolute Gasteiger partial charge is 0.276 e. The number of piperidine rings is 1. The molecule has 0 bridgehead atoms. The van der Waals surface area contributed by atoms with Gasteiger partial charge in [-0.05, 0) is 50.9 Å². The Bertz CT molecular complexity index is 805. The number of nitrogens with zero attached hydrogens (tertiary/aromatic N) is 4. The predicted octanol–water partition coefficient (Wildman–Crippen LogP) is 2.34. The normalized spacial score (nSPS) is 15.3. The van der Waals surface area contributed by atoms with Gasteiger partial charge in [0.1, 0.15) is 5.82 Å². The highest BCUT2D eigenvalue weighted by Crippen LogP contribution is 2.21. The van der Waals surface area contributed by atoms with Gasteiger partial charge in [0.15, 0.2) is 5.69 Å². The molecule has 1 aliphatic heterocycles. The molecule has 1 aromatic heterocycles. The van der Waals surface area contributed by atoms with E-state index in [1.54, 1.807) is 17.9 Å². The Labute approximate surface area is 162 Å². The van der Waals surface area contributed by atoms with E-state index in [2.05, 4.69) is 10.3 Å². The van der Waals surface area contributed by atoms with Gasteiger partial charge in [-0.25, -0.2) is 9.07 Å². The number of ether oxygens (including phenoxy) is 1. The maximum Gasteiger partial charge on any atom is 0.276 e. The standard InChI is InChI=1S/C18H23ClFN5O2/c1-12-17(22-23-25(12)13-3-4-16(20)15(19)11-13)18(26)24-8-5-14(6-9-24)27-10-2-7-21/h3-4,11,14H,2,5-10,21H2,1H3. The van der Waals surface area contributed by atoms with Gasteiger partial charge in [0.05, 0.1) is 22.5 Å². The van der Waals surface area contributed by atoms with Crippen LogP contribution in [0.3, 0.4) is 0 Å². The van der Waals surface area contributed by atoms with Gasteiger partial charge in [-0.3, -0.25) is 4.79 Å². The van der Waals surface area contributed by atoms with Crippen LogP contribution in [-0.4, -0.2) is 58.1 Å². The van der Waals surface area contributed by atoms with Crippen molar-refractivity contribution in [3.05, 3.63) is 40.4 Å². The lowest BCUT2D eigenvalue weighted by Crippen LogP contribution is -2.41. The Balaban J connectivity index is 1.66. The van der Waals surface area contributed by atoms with Crippen molar-refractivity contribution in [3.63, 3.8) is 0 Å². The Morgan fingerprint density at radius 3 is 2.81 bits per heavy atom. The largest absolute Gasteiger partial charge is 0.378 e. The Morgan fingerprint density at radius 2 is 2.15 bits per heavy atom. The third kappa shape index (κ3) is 4.45. The summed E-state index contributed by atoms with van der Waals surface area (Å²) in [5.74, 6) is -0.668. The van der Waals surface area contributed by atoms with Crippen molar-refractivity contribution in [2.24, 2.45) is 5.73 Å². The Hall–Kier alpha value is -2.03. The molecule has 0 saturated carbocycles. The van der Waals surface area contributed by atoms with Crippen LogP contribution in [0.25, 0.3) is 5.69 Å². The molecule has 1 fully saturated rings. The summed E-state index contributed by atoms with van der Waals surface area (Å²) >= 11 is 5.84. The maximum atomic E-state index is 13.4. The van der Waals surface area contributed by atoms with E-state index in [4.69, 9.17) is 22.1 Å². The molecule has 3 rings (SSSR count). The zero-order chi connectivity index (χ0) is 19.4. The summed E-state index contributed by atoms with van der Waals surface area (Å²) in [6.45, 7) is 4.25. The zero-order valence-corrected chi connectivity index (χ0v) is 16.0. The molecule has 0 radical (unpaired) electrons. The molecule has 2 aromatic rings. The van der Waals surface area contributed by atoms with Crippen LogP contribution in [0.2, 0.25) is 5.02 Å². The van der Waals surface area contributed by atoms with Crippen LogP contribution in [0, 0.1) is 12.7 Å². The first-order valence-electron chi connectivity index (χ1n) is 9.00. The first kappa shape index (κ1) is 19.7. The minimum absolute atomic E-state index is 0.00742. The van der Waals surface area contributed by atoms with E-state index in [1.807, 2.05) is 0 Å². The number of likely N-dealkylation sites (tertiary alicyclic amines) is 1. The van der Waals surface area contributed by atoms with Crippen LogP contribution in [0.15, 0.2) is 18.2 Å². The van der Waals surface area contributed by atoms with Gasteiger partial charge in [0.2, 0.25) is 0 Å². The van der Waals surface area contributed by atoms with Gasteiger partial charge in [0.25, 0.3) is 5.91 Å². The number of amides is 1. The van der Waals surface area contributed by atoms with Gasteiger partial charge in [-0.2, -0.15) is 0 Å². The lowest BCUT2D eigenvalue weighted by atomic mass is 10.1. The van der Waals surface area contributed by atoms with Crippen LogP contribution >= 0.6 is 11.6 Å². The molecule has 2 heterocycles. The third-order valence-corrected chi connectivity index (χ3v) is 4.97. The average molecular weight is 396 g/mol. The van der Waals surface area contributed by atoms with Crippen molar-refractivity contribution in [1.29, 1.82) is 0 Å². The van der Waals surface area contributed by atoms with Crippen LogP contribution < -0.4 is 5.73 Å². The molecule has 0 atom stereocenters. The summed E-state index contributed by atoms with van der Waals surface area (Å²) in [6.07, 6.45) is 2.59. The highest BCUT2D eigenvalue weighted by Gasteiger charge is 2.27. The van der Waals surface area contributed by atoms with Crippen molar-refractivity contribution in [3.8, 4) is 5.69 Å². The van der Waals surface area contributed by atoms with Gasteiger partial charge in [-0.1, -0.05) is 16.8 Å². The van der Waals surface area contributed by atoms with Gasteiger partial charge in [0, 0.05) is 19.7 Å². The summed E-state index contributed by atoms with van der Waals surface area (Å²) < 4.78 is 20.6. The van der Waals surface area contributed by atoms with E-state index in [-0.39, 0.29) is 22.7 Å². The lowest BCUT2D eigenvalue weighted by Gasteiger charge is -2.31. The molecule has 0 spiro atoms. The molecule has 1 saturated heterocycles. The van der Waals surface area contributed by atoms with E-state index in [0.29, 0.717) is 37.6 Å². The number of hydrogen-bond acceptors (Lipinski definition) is 5. The number of carbonyl (C=O) groups is 1. The molecular formula is C18H23ClFN5O2. The maximum absolute atomic E-state index is 13.4. The first-order valence-corrected chi connectivity index (χ1v) is 9.37. The van der Waals surface area contributed by atoms with Crippen LogP contribution in [0.1, 0.15) is 35.4 Å². The highest BCUT2D eigenvalue weighted by atomic mass is 35.5. The van der Waals surface area contributed by atoms with Crippen molar-refractivity contribution in [1.82, 2.24) is 19.9 Å². The molecule has 1 aromatic carbocycles. The van der Waals surface area contributed by atoms with Crippen LogP contribution in [-0.2, 0) is 4.74 Å². The summed E-state index contributed by atoms with van der Waals surface area (Å²) in [5.41, 5.74) is 6.90. The molecule has 2 N–H and O–H groups in total. The summed E-state index contributed by atoms with van der Waals surface area (Å²) in [5, 5.41) is 8.07. The van der Waals surface area contributed by atoms with Crippen molar-refractivity contribution in [2.45, 2.75) is 32.3 Å². The highest BCUT2D eigenvalue weighted by molar-refractivity contribution is 6.30. The second-order valence-corrected chi connectivity index (χ2v) is 6.95. The fraction of sp³-hybridized carbons (Fsp3) is 0.500. The fourth-order valence-electron chi connectivity index (χ4n) is 3.10. The number of carbonyl (C=O) groups excluding carboxylic acids is 1. The predicted molar refractivity (Wildman–Crippen MR) is 99.6 cm³/mol. The van der Waals surface area contributed by atoms with Gasteiger partial charge >= 0.3 is 0 Å². The number of benzene rings is 1. The van der Waals surface area contributed by atoms with Crippen molar-refractivity contribution in [2.75, 3.05) is 26.2 Å². The number of hydrogen-bond donors (Lipinski definition) is 1. The van der Waals surface area contributed by atoms with Gasteiger partial charge < -0.3 is 15.4 Å². The van der Waals surface area contributed by atoms with Crippen LogP contribution in [0.4, 0.5) is 4.39 Å².